The van der Waals surface area contributed by atoms with Gasteiger partial charge in [-0.2, -0.15) is 0 Å². The molecule has 8 nitrogen and oxygen atoms in total. The highest BCUT2D eigenvalue weighted by molar-refractivity contribution is 7.89. The Bertz CT molecular complexity index is 962. The van der Waals surface area contributed by atoms with Crippen molar-refractivity contribution in [1.82, 2.24) is 10.2 Å². The lowest BCUT2D eigenvalue weighted by Gasteiger charge is -2.27. The molecule has 0 bridgehead atoms. The Hall–Kier alpha value is -2.62. The fraction of sp³-hybridized carbons (Fsp3) is 0.350. The Morgan fingerprint density at radius 2 is 1.86 bits per heavy atom. The van der Waals surface area contributed by atoms with Gasteiger partial charge in [0.05, 0.1) is 18.0 Å². The van der Waals surface area contributed by atoms with Gasteiger partial charge in [0.2, 0.25) is 15.9 Å². The van der Waals surface area contributed by atoms with E-state index in [1.54, 1.807) is 12.1 Å². The molecule has 3 rings (SSSR count). The van der Waals surface area contributed by atoms with Crippen LogP contribution in [0.2, 0.25) is 0 Å². The first kappa shape index (κ1) is 21.1. The monoisotopic (exact) mass is 419 g/mol. The summed E-state index contributed by atoms with van der Waals surface area (Å²) in [6, 6.07) is 13.7. The molecule has 0 aliphatic carbocycles. The molecule has 0 saturated carbocycles. The first-order chi connectivity index (χ1) is 13.7. The predicted molar refractivity (Wildman–Crippen MR) is 108 cm³/mol. The minimum Gasteiger partial charge on any atom is -0.486 e. The summed E-state index contributed by atoms with van der Waals surface area (Å²) < 4.78 is 34.2. The molecule has 2 aromatic carbocycles. The highest BCUT2D eigenvalue weighted by Crippen LogP contribution is 2.30. The van der Waals surface area contributed by atoms with Gasteiger partial charge in [0, 0.05) is 6.04 Å². The van der Waals surface area contributed by atoms with Crippen molar-refractivity contribution >= 4 is 15.9 Å². The molecule has 29 heavy (non-hydrogen) atoms. The van der Waals surface area contributed by atoms with Gasteiger partial charge in [-0.05, 0) is 43.8 Å². The SMILES string of the molecule is C[C@H](c1ccc(S(N)(=O)=O)cc1)N(C)CC(=O)NC[C@H]1COc2ccccc2O1. The lowest BCUT2D eigenvalue weighted by atomic mass is 10.1. The van der Waals surface area contributed by atoms with Gasteiger partial charge in [0.1, 0.15) is 12.7 Å². The molecule has 156 valence electrons. The molecule has 2 atom stereocenters. The first-order valence-corrected chi connectivity index (χ1v) is 10.8. The molecule has 9 heteroatoms. The summed E-state index contributed by atoms with van der Waals surface area (Å²) in [6.45, 7) is 2.84. The minimum absolute atomic E-state index is 0.0603. The summed E-state index contributed by atoms with van der Waals surface area (Å²) in [5.74, 6) is 1.24. The molecule has 1 heterocycles. The Morgan fingerprint density at radius 3 is 2.52 bits per heavy atom. The van der Waals surface area contributed by atoms with Gasteiger partial charge in [-0.15, -0.1) is 0 Å². The molecule has 3 N–H and O–H groups in total. The number of amides is 1. The molecule has 0 spiro atoms. The van der Waals surface area contributed by atoms with Crippen LogP contribution in [0, 0.1) is 0 Å². The lowest BCUT2D eigenvalue weighted by Crippen LogP contribution is -2.44. The maximum absolute atomic E-state index is 12.3. The number of hydrogen-bond acceptors (Lipinski definition) is 6. The quantitative estimate of drug-likeness (QED) is 0.700. The van der Waals surface area contributed by atoms with E-state index < -0.39 is 10.0 Å². The number of carbonyl (C=O) groups excluding carboxylic acids is 1. The number of benzene rings is 2. The maximum atomic E-state index is 12.3. The van der Waals surface area contributed by atoms with Crippen molar-refractivity contribution < 1.29 is 22.7 Å². The van der Waals surface area contributed by atoms with E-state index in [9.17, 15) is 13.2 Å². The van der Waals surface area contributed by atoms with Crippen LogP contribution in [0.1, 0.15) is 18.5 Å². The number of ether oxygens (including phenoxy) is 2. The van der Waals surface area contributed by atoms with E-state index in [2.05, 4.69) is 5.32 Å². The number of carbonyl (C=O) groups is 1. The van der Waals surface area contributed by atoms with Gasteiger partial charge >= 0.3 is 0 Å². The van der Waals surface area contributed by atoms with Crippen LogP contribution < -0.4 is 19.9 Å². The second kappa shape index (κ2) is 8.81. The average molecular weight is 420 g/mol. The van der Waals surface area contributed by atoms with Crippen molar-refractivity contribution in [2.75, 3.05) is 26.7 Å². The second-order valence-corrected chi connectivity index (χ2v) is 8.57. The molecular formula is C20H25N3O5S. The van der Waals surface area contributed by atoms with Gasteiger partial charge in [-0.25, -0.2) is 13.6 Å². The number of likely N-dealkylation sites (N-methyl/N-ethyl adjacent to an activating group) is 1. The summed E-state index contributed by atoms with van der Waals surface area (Å²) in [6.07, 6.45) is -0.248. The standard InChI is InChI=1S/C20H25N3O5S/c1-14(15-7-9-17(10-8-15)29(21,25)26)23(2)12-20(24)22-11-16-13-27-18-5-3-4-6-19(18)28-16/h3-10,14,16H,11-13H2,1-2H3,(H,22,24)(H2,21,25,26)/t14-,16+/m1/s1. The maximum Gasteiger partial charge on any atom is 0.238 e. The molecular weight excluding hydrogens is 394 g/mol. The van der Waals surface area contributed by atoms with E-state index in [-0.39, 0.29) is 29.5 Å². The smallest absolute Gasteiger partial charge is 0.238 e. The van der Waals surface area contributed by atoms with E-state index in [1.165, 1.54) is 12.1 Å². The van der Waals surface area contributed by atoms with Crippen LogP contribution in [-0.4, -0.2) is 52.1 Å². The van der Waals surface area contributed by atoms with Gasteiger partial charge < -0.3 is 14.8 Å². The van der Waals surface area contributed by atoms with Gasteiger partial charge in [-0.3, -0.25) is 9.69 Å². The highest BCUT2D eigenvalue weighted by Gasteiger charge is 2.22. The molecule has 1 aliphatic heterocycles. The zero-order valence-corrected chi connectivity index (χ0v) is 17.2. The summed E-state index contributed by atoms with van der Waals surface area (Å²) in [5, 5.41) is 7.99. The second-order valence-electron chi connectivity index (χ2n) is 7.01. The van der Waals surface area contributed by atoms with E-state index in [1.807, 2.05) is 43.1 Å². The van der Waals surface area contributed by atoms with Gasteiger partial charge in [-0.1, -0.05) is 24.3 Å². The van der Waals surface area contributed by atoms with Crippen LogP contribution in [0.15, 0.2) is 53.4 Å². The van der Waals surface area contributed by atoms with Crippen molar-refractivity contribution in [2.45, 2.75) is 24.0 Å². The molecule has 1 aliphatic rings. The first-order valence-electron chi connectivity index (χ1n) is 9.22. The number of fused-ring (bicyclic) bond motifs is 1. The Kier molecular flexibility index (Phi) is 6.41. The van der Waals surface area contributed by atoms with Crippen LogP contribution in [0.25, 0.3) is 0 Å². The number of rotatable bonds is 7. The summed E-state index contributed by atoms with van der Waals surface area (Å²) in [5.41, 5.74) is 0.883. The number of nitrogens with one attached hydrogen (secondary N) is 1. The number of nitrogens with two attached hydrogens (primary N) is 1. The van der Waals surface area contributed by atoms with E-state index in [0.717, 1.165) is 5.56 Å². The average Bonchev–Trinajstić information content (AvgIpc) is 2.71. The van der Waals surface area contributed by atoms with Crippen molar-refractivity contribution in [3.63, 3.8) is 0 Å². The number of hydrogen-bond donors (Lipinski definition) is 2. The van der Waals surface area contributed by atoms with Crippen molar-refractivity contribution in [3.05, 3.63) is 54.1 Å². The highest BCUT2D eigenvalue weighted by atomic mass is 32.2. The summed E-state index contributed by atoms with van der Waals surface area (Å²) in [7, 11) is -1.89. The van der Waals surface area contributed by atoms with Crippen molar-refractivity contribution in [1.29, 1.82) is 0 Å². The largest absolute Gasteiger partial charge is 0.486 e. The zero-order chi connectivity index (χ0) is 21.0. The topological polar surface area (TPSA) is 111 Å². The molecule has 0 aromatic heterocycles. The van der Waals surface area contributed by atoms with Crippen molar-refractivity contribution in [3.8, 4) is 11.5 Å². The lowest BCUT2D eigenvalue weighted by molar-refractivity contribution is -0.122. The number of primary sulfonamides is 1. The Balaban J connectivity index is 1.49. The van der Waals surface area contributed by atoms with Gasteiger partial charge in [0.25, 0.3) is 0 Å². The molecule has 2 aromatic rings. The number of sulfonamides is 1. The predicted octanol–water partition coefficient (Wildman–Crippen LogP) is 1.28. The van der Waals surface area contributed by atoms with E-state index in [0.29, 0.717) is 24.7 Å². The summed E-state index contributed by atoms with van der Waals surface area (Å²) >= 11 is 0. The Labute approximate surface area is 170 Å². The number of nitrogens with zero attached hydrogens (tertiary/aromatic N) is 1. The molecule has 0 saturated heterocycles. The normalized spacial score (nSPS) is 17.0. The Morgan fingerprint density at radius 1 is 1.21 bits per heavy atom. The molecule has 0 radical (unpaired) electrons. The third kappa shape index (κ3) is 5.47. The number of para-hydroxylation sites is 2. The third-order valence-corrected chi connectivity index (χ3v) is 5.77. The van der Waals surface area contributed by atoms with Crippen LogP contribution in [0.5, 0.6) is 11.5 Å². The van der Waals surface area contributed by atoms with Crippen LogP contribution >= 0.6 is 0 Å². The van der Waals surface area contributed by atoms with Crippen molar-refractivity contribution in [2.24, 2.45) is 5.14 Å². The van der Waals surface area contributed by atoms with Crippen LogP contribution in [-0.2, 0) is 14.8 Å². The van der Waals surface area contributed by atoms with Gasteiger partial charge in [0.15, 0.2) is 11.5 Å². The zero-order valence-electron chi connectivity index (χ0n) is 16.4. The van der Waals surface area contributed by atoms with E-state index in [4.69, 9.17) is 14.6 Å². The van der Waals surface area contributed by atoms with Crippen LogP contribution in [0.3, 0.4) is 0 Å². The minimum atomic E-state index is -3.72. The van der Waals surface area contributed by atoms with Crippen LogP contribution in [0.4, 0.5) is 0 Å². The fourth-order valence-corrected chi connectivity index (χ4v) is 3.52. The molecule has 0 fully saturated rings. The van der Waals surface area contributed by atoms with E-state index >= 15 is 0 Å². The fourth-order valence-electron chi connectivity index (χ4n) is 3.00. The summed E-state index contributed by atoms with van der Waals surface area (Å²) in [4.78, 5) is 14.2. The third-order valence-electron chi connectivity index (χ3n) is 4.84. The molecule has 0 unspecified atom stereocenters. The molecule has 1 amide bonds.